The largest absolute Gasteiger partial charge is 0.507 e. The van der Waals surface area contributed by atoms with E-state index in [9.17, 15) is 9.90 Å². The molecule has 1 aromatic carbocycles. The van der Waals surface area contributed by atoms with Crippen LogP contribution in [0, 0.1) is 6.92 Å². The normalized spacial score (nSPS) is 10.8. The van der Waals surface area contributed by atoms with Crippen LogP contribution in [0.3, 0.4) is 0 Å². The predicted molar refractivity (Wildman–Crippen MR) is 80.1 cm³/mol. The Hall–Kier alpha value is -1.55. The molecule has 20 heavy (non-hydrogen) atoms. The number of carbonyl (C=O) groups is 1. The Bertz CT molecular complexity index is 441. The number of carbonyl (C=O) groups excluding carboxylic acids is 1. The number of ether oxygens (including phenoxy) is 1. The number of benzene rings is 1. The molecule has 0 bridgehead atoms. The van der Waals surface area contributed by atoms with Gasteiger partial charge in [0.25, 0.3) is 5.91 Å². The van der Waals surface area contributed by atoms with Gasteiger partial charge in [0.1, 0.15) is 5.75 Å². The quantitative estimate of drug-likeness (QED) is 0.834. The molecular formula is C16H25NO3. The minimum absolute atomic E-state index is 0.0448. The molecule has 0 radical (unpaired) electrons. The number of amides is 1. The molecule has 0 aliphatic rings. The zero-order chi connectivity index (χ0) is 15.1. The van der Waals surface area contributed by atoms with Crippen molar-refractivity contribution in [1.29, 1.82) is 0 Å². The SMILES string of the molecule is CCC(CC)N(CCOC)C(=O)c1ccc(C)cc1O. The van der Waals surface area contributed by atoms with E-state index in [2.05, 4.69) is 13.8 Å². The summed E-state index contributed by atoms with van der Waals surface area (Å²) in [6.07, 6.45) is 1.77. The number of phenols is 1. The smallest absolute Gasteiger partial charge is 0.257 e. The second-order valence-electron chi connectivity index (χ2n) is 4.98. The van der Waals surface area contributed by atoms with E-state index in [0.29, 0.717) is 18.7 Å². The van der Waals surface area contributed by atoms with E-state index in [-0.39, 0.29) is 17.7 Å². The van der Waals surface area contributed by atoms with Crippen LogP contribution >= 0.6 is 0 Å². The van der Waals surface area contributed by atoms with Gasteiger partial charge in [-0.25, -0.2) is 0 Å². The maximum Gasteiger partial charge on any atom is 0.257 e. The third-order valence-electron chi connectivity index (χ3n) is 3.56. The molecule has 0 spiro atoms. The molecule has 1 N–H and O–H groups in total. The van der Waals surface area contributed by atoms with Crippen molar-refractivity contribution < 1.29 is 14.6 Å². The van der Waals surface area contributed by atoms with Crippen molar-refractivity contribution in [3.63, 3.8) is 0 Å². The van der Waals surface area contributed by atoms with Gasteiger partial charge in [-0.2, -0.15) is 0 Å². The zero-order valence-corrected chi connectivity index (χ0v) is 12.8. The van der Waals surface area contributed by atoms with Gasteiger partial charge in [-0.05, 0) is 37.5 Å². The van der Waals surface area contributed by atoms with Gasteiger partial charge in [-0.15, -0.1) is 0 Å². The number of rotatable bonds is 7. The average Bonchev–Trinajstić information content (AvgIpc) is 2.43. The Morgan fingerprint density at radius 2 is 2.00 bits per heavy atom. The van der Waals surface area contributed by atoms with E-state index >= 15 is 0 Å². The Balaban J connectivity index is 3.02. The predicted octanol–water partition coefficient (Wildman–Crippen LogP) is 2.98. The second-order valence-corrected chi connectivity index (χ2v) is 4.98. The Morgan fingerprint density at radius 1 is 1.35 bits per heavy atom. The molecule has 0 saturated carbocycles. The van der Waals surface area contributed by atoms with Gasteiger partial charge in [-0.1, -0.05) is 19.9 Å². The lowest BCUT2D eigenvalue weighted by molar-refractivity contribution is 0.0586. The fraction of sp³-hybridized carbons (Fsp3) is 0.562. The van der Waals surface area contributed by atoms with Crippen molar-refractivity contribution in [1.82, 2.24) is 4.90 Å². The van der Waals surface area contributed by atoms with Gasteiger partial charge >= 0.3 is 0 Å². The first-order valence-electron chi connectivity index (χ1n) is 7.14. The van der Waals surface area contributed by atoms with Crippen LogP contribution < -0.4 is 0 Å². The molecule has 0 aromatic heterocycles. The van der Waals surface area contributed by atoms with Crippen molar-refractivity contribution in [2.75, 3.05) is 20.3 Å². The van der Waals surface area contributed by atoms with Gasteiger partial charge in [0, 0.05) is 19.7 Å². The topological polar surface area (TPSA) is 49.8 Å². The summed E-state index contributed by atoms with van der Waals surface area (Å²) in [4.78, 5) is 14.5. The average molecular weight is 279 g/mol. The van der Waals surface area contributed by atoms with Crippen LogP contribution in [-0.2, 0) is 4.74 Å². The molecule has 0 unspecified atom stereocenters. The highest BCUT2D eigenvalue weighted by Gasteiger charge is 2.24. The van der Waals surface area contributed by atoms with Crippen LogP contribution in [0.2, 0.25) is 0 Å². The van der Waals surface area contributed by atoms with Crippen molar-refractivity contribution in [3.8, 4) is 5.75 Å². The highest BCUT2D eigenvalue weighted by molar-refractivity contribution is 5.97. The molecule has 0 aliphatic heterocycles. The number of methoxy groups -OCH3 is 1. The molecule has 0 heterocycles. The summed E-state index contributed by atoms with van der Waals surface area (Å²) in [6, 6.07) is 5.32. The summed E-state index contributed by atoms with van der Waals surface area (Å²) in [5.41, 5.74) is 1.30. The van der Waals surface area contributed by atoms with Crippen LogP contribution in [0.15, 0.2) is 18.2 Å². The van der Waals surface area contributed by atoms with Crippen molar-refractivity contribution >= 4 is 5.91 Å². The van der Waals surface area contributed by atoms with Crippen LogP contribution in [0.4, 0.5) is 0 Å². The Kier molecular flexibility index (Phi) is 6.52. The van der Waals surface area contributed by atoms with Gasteiger partial charge in [0.15, 0.2) is 0 Å². The maximum atomic E-state index is 12.7. The summed E-state index contributed by atoms with van der Waals surface area (Å²) in [5, 5.41) is 9.98. The van der Waals surface area contributed by atoms with E-state index in [1.807, 2.05) is 13.0 Å². The highest BCUT2D eigenvalue weighted by atomic mass is 16.5. The van der Waals surface area contributed by atoms with Crippen molar-refractivity contribution in [3.05, 3.63) is 29.3 Å². The van der Waals surface area contributed by atoms with Crippen LogP contribution in [0.25, 0.3) is 0 Å². The molecule has 0 aliphatic carbocycles. The molecule has 1 rings (SSSR count). The van der Waals surface area contributed by atoms with Crippen molar-refractivity contribution in [2.45, 2.75) is 39.7 Å². The number of aryl methyl sites for hydroxylation is 1. The zero-order valence-electron chi connectivity index (χ0n) is 12.8. The van der Waals surface area contributed by atoms with Crippen LogP contribution in [0.1, 0.15) is 42.6 Å². The van der Waals surface area contributed by atoms with Crippen molar-refractivity contribution in [2.24, 2.45) is 0 Å². The molecule has 4 nitrogen and oxygen atoms in total. The Labute approximate surface area is 121 Å². The number of nitrogens with zero attached hydrogens (tertiary/aromatic N) is 1. The second kappa shape index (κ2) is 7.90. The molecule has 1 amide bonds. The van der Waals surface area contributed by atoms with E-state index in [1.165, 1.54) is 0 Å². The summed E-state index contributed by atoms with van der Waals surface area (Å²) < 4.78 is 5.09. The molecule has 0 atom stereocenters. The van der Waals surface area contributed by atoms with E-state index in [1.54, 1.807) is 24.1 Å². The first-order valence-corrected chi connectivity index (χ1v) is 7.14. The molecule has 0 fully saturated rings. The lowest BCUT2D eigenvalue weighted by atomic mass is 10.1. The van der Waals surface area contributed by atoms with Gasteiger partial charge in [0.05, 0.1) is 12.2 Å². The summed E-state index contributed by atoms with van der Waals surface area (Å²) >= 11 is 0. The first-order chi connectivity index (χ1) is 9.54. The lowest BCUT2D eigenvalue weighted by Gasteiger charge is -2.30. The molecule has 112 valence electrons. The molecule has 4 heteroatoms. The minimum atomic E-state index is -0.131. The van der Waals surface area contributed by atoms with E-state index in [0.717, 1.165) is 18.4 Å². The summed E-state index contributed by atoms with van der Waals surface area (Å²) in [7, 11) is 1.62. The third-order valence-corrected chi connectivity index (χ3v) is 3.56. The Morgan fingerprint density at radius 3 is 2.50 bits per heavy atom. The van der Waals surface area contributed by atoms with Crippen LogP contribution in [-0.4, -0.2) is 42.2 Å². The monoisotopic (exact) mass is 279 g/mol. The summed E-state index contributed by atoms with van der Waals surface area (Å²) in [6.45, 7) is 7.05. The fourth-order valence-corrected chi connectivity index (χ4v) is 2.35. The van der Waals surface area contributed by atoms with E-state index in [4.69, 9.17) is 4.74 Å². The third kappa shape index (κ3) is 3.97. The number of hydrogen-bond acceptors (Lipinski definition) is 3. The van der Waals surface area contributed by atoms with Gasteiger partial charge in [-0.3, -0.25) is 4.79 Å². The minimum Gasteiger partial charge on any atom is -0.507 e. The van der Waals surface area contributed by atoms with Gasteiger partial charge < -0.3 is 14.7 Å². The number of phenolic OH excluding ortho intramolecular Hbond substituents is 1. The summed E-state index contributed by atoms with van der Waals surface area (Å²) in [5.74, 6) is -0.0865. The fourth-order valence-electron chi connectivity index (χ4n) is 2.35. The standard InChI is InChI=1S/C16H25NO3/c1-5-13(6-2)17(9-10-20-4)16(19)14-8-7-12(3)11-15(14)18/h7-8,11,13,18H,5-6,9-10H2,1-4H3. The number of aromatic hydroxyl groups is 1. The number of hydrogen-bond donors (Lipinski definition) is 1. The van der Waals surface area contributed by atoms with Crippen LogP contribution in [0.5, 0.6) is 5.75 Å². The molecule has 0 saturated heterocycles. The maximum absolute atomic E-state index is 12.7. The highest BCUT2D eigenvalue weighted by Crippen LogP contribution is 2.22. The lowest BCUT2D eigenvalue weighted by Crippen LogP contribution is -2.41. The van der Waals surface area contributed by atoms with E-state index < -0.39 is 0 Å². The molecule has 1 aromatic rings. The van der Waals surface area contributed by atoms with Gasteiger partial charge in [0.2, 0.25) is 0 Å². The molecular weight excluding hydrogens is 254 g/mol. The first kappa shape index (κ1) is 16.5.